The van der Waals surface area contributed by atoms with E-state index >= 15 is 0 Å². The summed E-state index contributed by atoms with van der Waals surface area (Å²) in [6.45, 7) is 3.80. The van der Waals surface area contributed by atoms with Gasteiger partial charge >= 0.3 is 0 Å². The molecule has 0 bridgehead atoms. The van der Waals surface area contributed by atoms with Crippen LogP contribution in [0, 0.1) is 0 Å². The molecule has 0 saturated heterocycles. The fourth-order valence-corrected chi connectivity index (χ4v) is 3.08. The minimum Gasteiger partial charge on any atom is -0.383 e. The van der Waals surface area contributed by atoms with Gasteiger partial charge < -0.3 is 10.5 Å². The second-order valence-corrected chi connectivity index (χ2v) is 5.61. The summed E-state index contributed by atoms with van der Waals surface area (Å²) in [5.74, 6) is 0. The number of methoxy groups -OCH3 is 1. The Labute approximate surface area is 107 Å². The lowest BCUT2D eigenvalue weighted by Gasteiger charge is -2.45. The molecule has 3 heteroatoms. The Bertz CT molecular complexity index is 200. The summed E-state index contributed by atoms with van der Waals surface area (Å²) in [5, 5.41) is 0. The van der Waals surface area contributed by atoms with Crippen LogP contribution >= 0.6 is 0 Å². The van der Waals surface area contributed by atoms with Crippen molar-refractivity contribution in [3.05, 3.63) is 0 Å². The van der Waals surface area contributed by atoms with E-state index in [1.165, 1.54) is 44.9 Å². The summed E-state index contributed by atoms with van der Waals surface area (Å²) in [7, 11) is 4.00. The van der Waals surface area contributed by atoms with Crippen molar-refractivity contribution in [2.24, 2.45) is 5.73 Å². The highest BCUT2D eigenvalue weighted by molar-refractivity contribution is 4.93. The van der Waals surface area contributed by atoms with E-state index in [1.807, 2.05) is 0 Å². The van der Waals surface area contributed by atoms with Gasteiger partial charge in [0.25, 0.3) is 0 Å². The molecule has 0 amide bonds. The van der Waals surface area contributed by atoms with E-state index < -0.39 is 0 Å². The Morgan fingerprint density at radius 1 is 1.18 bits per heavy atom. The number of hydrogen-bond donors (Lipinski definition) is 1. The number of nitrogens with zero attached hydrogens (tertiary/aromatic N) is 1. The molecule has 1 rings (SSSR count). The molecule has 1 aliphatic carbocycles. The van der Waals surface area contributed by atoms with E-state index in [2.05, 4.69) is 18.9 Å². The summed E-state index contributed by atoms with van der Waals surface area (Å²) in [4.78, 5) is 2.47. The lowest BCUT2D eigenvalue weighted by atomic mass is 9.82. The van der Waals surface area contributed by atoms with E-state index in [0.29, 0.717) is 6.04 Å². The first-order valence-corrected chi connectivity index (χ1v) is 7.08. The van der Waals surface area contributed by atoms with Gasteiger partial charge in [-0.1, -0.05) is 32.1 Å². The minimum absolute atomic E-state index is 0.207. The average Bonchev–Trinajstić information content (AvgIpc) is 2.29. The third-order valence-corrected chi connectivity index (χ3v) is 4.48. The zero-order valence-electron chi connectivity index (χ0n) is 11.9. The summed E-state index contributed by atoms with van der Waals surface area (Å²) < 4.78 is 5.28. The molecule has 0 aromatic heterocycles. The fraction of sp³-hybridized carbons (Fsp3) is 1.00. The first-order chi connectivity index (χ1) is 8.16. The molecule has 0 radical (unpaired) electrons. The van der Waals surface area contributed by atoms with Crippen LogP contribution in [0.4, 0.5) is 0 Å². The van der Waals surface area contributed by atoms with E-state index in [9.17, 15) is 0 Å². The Kier molecular flexibility index (Phi) is 6.45. The molecule has 1 fully saturated rings. The molecule has 102 valence electrons. The largest absolute Gasteiger partial charge is 0.383 e. The molecule has 0 heterocycles. The quantitative estimate of drug-likeness (QED) is 0.804. The van der Waals surface area contributed by atoms with E-state index in [4.69, 9.17) is 10.5 Å². The van der Waals surface area contributed by atoms with Gasteiger partial charge in [0.05, 0.1) is 6.61 Å². The van der Waals surface area contributed by atoms with Crippen molar-refractivity contribution in [2.75, 3.05) is 27.3 Å². The zero-order chi connectivity index (χ0) is 12.7. The maximum atomic E-state index is 6.11. The van der Waals surface area contributed by atoms with Gasteiger partial charge in [0, 0.05) is 25.2 Å². The zero-order valence-corrected chi connectivity index (χ0v) is 11.9. The fourth-order valence-electron chi connectivity index (χ4n) is 3.08. The van der Waals surface area contributed by atoms with Crippen molar-refractivity contribution in [2.45, 2.75) is 63.5 Å². The second kappa shape index (κ2) is 7.34. The third kappa shape index (κ3) is 3.94. The molecule has 0 aliphatic heterocycles. The first kappa shape index (κ1) is 14.9. The average molecular weight is 242 g/mol. The molecule has 0 aromatic carbocycles. The molecular formula is C14H30N2O. The summed E-state index contributed by atoms with van der Waals surface area (Å²) in [6, 6.07) is 0.447. The minimum atomic E-state index is 0.207. The van der Waals surface area contributed by atoms with Gasteiger partial charge in [-0.15, -0.1) is 0 Å². The van der Waals surface area contributed by atoms with Crippen molar-refractivity contribution in [1.82, 2.24) is 4.90 Å². The van der Waals surface area contributed by atoms with Crippen molar-refractivity contribution in [1.29, 1.82) is 0 Å². The Balaban J connectivity index is 2.68. The van der Waals surface area contributed by atoms with Crippen molar-refractivity contribution in [3.8, 4) is 0 Å². The maximum absolute atomic E-state index is 6.11. The van der Waals surface area contributed by atoms with Gasteiger partial charge in [0.15, 0.2) is 0 Å². The molecule has 2 N–H and O–H groups in total. The number of nitrogens with two attached hydrogens (primary N) is 1. The van der Waals surface area contributed by atoms with Gasteiger partial charge in [-0.05, 0) is 26.8 Å². The predicted octanol–water partition coefficient (Wildman–Crippen LogP) is 2.39. The first-order valence-electron chi connectivity index (χ1n) is 7.08. The molecule has 0 spiro atoms. The van der Waals surface area contributed by atoms with Gasteiger partial charge in [-0.25, -0.2) is 0 Å². The number of ether oxygens (including phenoxy) is 1. The standard InChI is InChI=1S/C14H30N2O/c1-13(11-17-3)16(2)14(12-15)9-7-5-4-6-8-10-14/h13H,4-12,15H2,1-3H3. The summed E-state index contributed by atoms with van der Waals surface area (Å²) in [5.41, 5.74) is 6.32. The van der Waals surface area contributed by atoms with Crippen LogP contribution in [0.3, 0.4) is 0 Å². The van der Waals surface area contributed by atoms with Crippen LogP contribution in [0.5, 0.6) is 0 Å². The molecular weight excluding hydrogens is 212 g/mol. The van der Waals surface area contributed by atoms with Crippen molar-refractivity contribution >= 4 is 0 Å². The van der Waals surface area contributed by atoms with Crippen LogP contribution in [0.1, 0.15) is 51.9 Å². The molecule has 1 saturated carbocycles. The molecule has 3 nitrogen and oxygen atoms in total. The normalized spacial score (nSPS) is 23.1. The van der Waals surface area contributed by atoms with Crippen LogP contribution in [-0.4, -0.2) is 43.8 Å². The van der Waals surface area contributed by atoms with Gasteiger partial charge in [0.2, 0.25) is 0 Å². The van der Waals surface area contributed by atoms with Crippen LogP contribution in [0.2, 0.25) is 0 Å². The van der Waals surface area contributed by atoms with Crippen LogP contribution < -0.4 is 5.73 Å². The Morgan fingerprint density at radius 2 is 1.71 bits per heavy atom. The predicted molar refractivity (Wildman–Crippen MR) is 73.2 cm³/mol. The van der Waals surface area contributed by atoms with Crippen LogP contribution in [0.25, 0.3) is 0 Å². The molecule has 0 aromatic rings. The monoisotopic (exact) mass is 242 g/mol. The SMILES string of the molecule is COCC(C)N(C)C1(CN)CCCCCCC1. The van der Waals surface area contributed by atoms with Gasteiger partial charge in [0.1, 0.15) is 0 Å². The summed E-state index contributed by atoms with van der Waals surface area (Å²) >= 11 is 0. The van der Waals surface area contributed by atoms with E-state index in [1.54, 1.807) is 7.11 Å². The Morgan fingerprint density at radius 3 is 2.18 bits per heavy atom. The highest BCUT2D eigenvalue weighted by Gasteiger charge is 2.35. The molecule has 1 unspecified atom stereocenters. The molecule has 17 heavy (non-hydrogen) atoms. The lowest BCUT2D eigenvalue weighted by molar-refractivity contribution is 0.0222. The summed E-state index contributed by atoms with van der Waals surface area (Å²) in [6.07, 6.45) is 9.27. The molecule has 1 aliphatic rings. The highest BCUT2D eigenvalue weighted by atomic mass is 16.5. The maximum Gasteiger partial charge on any atom is 0.0615 e. The number of hydrogen-bond acceptors (Lipinski definition) is 3. The van der Waals surface area contributed by atoms with Gasteiger partial charge in [-0.3, -0.25) is 4.90 Å². The molecule has 1 atom stereocenters. The lowest BCUT2D eigenvalue weighted by Crippen LogP contribution is -2.56. The van der Waals surface area contributed by atoms with E-state index in [0.717, 1.165) is 13.2 Å². The smallest absolute Gasteiger partial charge is 0.0615 e. The van der Waals surface area contributed by atoms with Crippen LogP contribution in [0.15, 0.2) is 0 Å². The highest BCUT2D eigenvalue weighted by Crippen LogP contribution is 2.31. The van der Waals surface area contributed by atoms with Gasteiger partial charge in [-0.2, -0.15) is 0 Å². The van der Waals surface area contributed by atoms with Crippen LogP contribution in [-0.2, 0) is 4.74 Å². The van der Waals surface area contributed by atoms with Crippen molar-refractivity contribution in [3.63, 3.8) is 0 Å². The topological polar surface area (TPSA) is 38.5 Å². The third-order valence-electron chi connectivity index (χ3n) is 4.48. The second-order valence-electron chi connectivity index (χ2n) is 5.61. The van der Waals surface area contributed by atoms with Crippen molar-refractivity contribution < 1.29 is 4.74 Å². The number of rotatable bonds is 5. The number of likely N-dealkylation sites (N-methyl/N-ethyl adjacent to an activating group) is 1. The van der Waals surface area contributed by atoms with E-state index in [-0.39, 0.29) is 5.54 Å². The Hall–Kier alpha value is -0.120.